The first-order valence-electron chi connectivity index (χ1n) is 7.05. The predicted molar refractivity (Wildman–Crippen MR) is 90.3 cm³/mol. The van der Waals surface area contributed by atoms with Gasteiger partial charge in [-0.2, -0.15) is 0 Å². The van der Waals surface area contributed by atoms with Crippen LogP contribution >= 0.6 is 11.3 Å². The molecule has 1 atom stereocenters. The van der Waals surface area contributed by atoms with E-state index in [0.29, 0.717) is 6.54 Å². The van der Waals surface area contributed by atoms with E-state index in [1.54, 1.807) is 11.3 Å². The molecule has 118 valence electrons. The normalized spacial score (nSPS) is 11.8. The molecule has 2 aromatic rings. The molecule has 0 aliphatic carbocycles. The fourth-order valence-corrected chi connectivity index (χ4v) is 2.59. The van der Waals surface area contributed by atoms with Crippen molar-refractivity contribution in [2.24, 2.45) is 0 Å². The Kier molecular flexibility index (Phi) is 5.80. The van der Waals surface area contributed by atoms with Crippen molar-refractivity contribution in [3.63, 3.8) is 0 Å². The molecule has 1 heterocycles. The molecule has 0 saturated carbocycles. The lowest BCUT2D eigenvalue weighted by atomic mass is 10.1. The number of benzene rings is 1. The van der Waals surface area contributed by atoms with E-state index < -0.39 is 6.10 Å². The minimum Gasteiger partial charge on any atom is -0.387 e. The van der Waals surface area contributed by atoms with Crippen molar-refractivity contribution < 1.29 is 9.90 Å². The van der Waals surface area contributed by atoms with Gasteiger partial charge in [0.05, 0.1) is 12.6 Å². The van der Waals surface area contributed by atoms with Gasteiger partial charge in [-0.25, -0.2) is 4.79 Å². The van der Waals surface area contributed by atoms with Crippen LogP contribution in [0.1, 0.15) is 16.5 Å². The third-order valence-corrected chi connectivity index (χ3v) is 4.13. The summed E-state index contributed by atoms with van der Waals surface area (Å²) in [5.41, 5.74) is 1.85. The van der Waals surface area contributed by atoms with Crippen molar-refractivity contribution in [1.29, 1.82) is 0 Å². The Bertz CT molecular complexity index is 582. The molecule has 0 bridgehead atoms. The van der Waals surface area contributed by atoms with E-state index in [1.165, 1.54) is 0 Å². The lowest BCUT2D eigenvalue weighted by Gasteiger charge is -2.16. The van der Waals surface area contributed by atoms with Gasteiger partial charge in [-0.3, -0.25) is 0 Å². The van der Waals surface area contributed by atoms with Gasteiger partial charge >= 0.3 is 6.03 Å². The van der Waals surface area contributed by atoms with Crippen molar-refractivity contribution in [2.75, 3.05) is 25.5 Å². The number of thiophene rings is 1. The van der Waals surface area contributed by atoms with Crippen molar-refractivity contribution in [2.45, 2.75) is 12.6 Å². The van der Waals surface area contributed by atoms with Crippen LogP contribution in [0.2, 0.25) is 0 Å². The summed E-state index contributed by atoms with van der Waals surface area (Å²) >= 11 is 1.59. The van der Waals surface area contributed by atoms with E-state index in [0.717, 1.165) is 16.1 Å². The van der Waals surface area contributed by atoms with Crippen LogP contribution in [0, 0.1) is 0 Å². The summed E-state index contributed by atoms with van der Waals surface area (Å²) in [4.78, 5) is 14.8. The van der Waals surface area contributed by atoms with Crippen LogP contribution in [-0.2, 0) is 6.54 Å². The quantitative estimate of drug-likeness (QED) is 0.766. The van der Waals surface area contributed by atoms with Crippen molar-refractivity contribution >= 4 is 23.1 Å². The molecule has 0 fully saturated rings. The zero-order valence-corrected chi connectivity index (χ0v) is 13.6. The molecule has 1 aromatic carbocycles. The standard InChI is InChI=1S/C16H21N3O2S/c1-19(2)13-7-5-12(6-8-13)15(20)11-18-16(21)17-10-14-4-3-9-22-14/h3-9,15,20H,10-11H2,1-2H3,(H2,17,18,21)/t15-/m1/s1. The van der Waals surface area contributed by atoms with Crippen molar-refractivity contribution in [3.8, 4) is 0 Å². The number of carbonyl (C=O) groups is 1. The first-order valence-corrected chi connectivity index (χ1v) is 7.93. The van der Waals surface area contributed by atoms with E-state index in [2.05, 4.69) is 10.6 Å². The monoisotopic (exact) mass is 319 g/mol. The van der Waals surface area contributed by atoms with Crippen LogP contribution in [0.15, 0.2) is 41.8 Å². The third kappa shape index (κ3) is 4.75. The average molecular weight is 319 g/mol. The van der Waals surface area contributed by atoms with Crippen LogP contribution in [0.25, 0.3) is 0 Å². The highest BCUT2D eigenvalue weighted by molar-refractivity contribution is 7.09. The van der Waals surface area contributed by atoms with Gasteiger partial charge in [0.1, 0.15) is 0 Å². The maximum atomic E-state index is 11.7. The smallest absolute Gasteiger partial charge is 0.315 e. The number of anilines is 1. The molecule has 3 N–H and O–H groups in total. The van der Waals surface area contributed by atoms with E-state index >= 15 is 0 Å². The van der Waals surface area contributed by atoms with E-state index in [9.17, 15) is 9.90 Å². The van der Waals surface area contributed by atoms with Gasteiger partial charge in [0, 0.05) is 31.2 Å². The molecule has 6 heteroatoms. The van der Waals surface area contributed by atoms with Gasteiger partial charge in [0.2, 0.25) is 0 Å². The Labute approximate surface area is 134 Å². The van der Waals surface area contributed by atoms with E-state index in [-0.39, 0.29) is 12.6 Å². The molecule has 0 saturated heterocycles. The average Bonchev–Trinajstić information content (AvgIpc) is 3.04. The Morgan fingerprint density at radius 1 is 1.23 bits per heavy atom. The minimum atomic E-state index is -0.719. The van der Waals surface area contributed by atoms with Crippen LogP contribution < -0.4 is 15.5 Å². The second kappa shape index (κ2) is 7.82. The molecule has 2 amide bonds. The lowest BCUT2D eigenvalue weighted by molar-refractivity contribution is 0.173. The highest BCUT2D eigenvalue weighted by Crippen LogP contribution is 2.17. The number of rotatable bonds is 6. The van der Waals surface area contributed by atoms with Gasteiger partial charge in [-0.05, 0) is 29.1 Å². The van der Waals surface area contributed by atoms with E-state index in [1.807, 2.05) is 60.8 Å². The van der Waals surface area contributed by atoms with Gasteiger partial charge < -0.3 is 20.6 Å². The number of nitrogens with zero attached hydrogens (tertiary/aromatic N) is 1. The van der Waals surface area contributed by atoms with Gasteiger partial charge in [-0.1, -0.05) is 18.2 Å². The first kappa shape index (κ1) is 16.3. The number of carbonyl (C=O) groups excluding carboxylic acids is 1. The van der Waals surface area contributed by atoms with Gasteiger partial charge in [0.15, 0.2) is 0 Å². The molecule has 5 nitrogen and oxygen atoms in total. The second-order valence-corrected chi connectivity index (χ2v) is 6.18. The number of urea groups is 1. The molecule has 0 radical (unpaired) electrons. The Morgan fingerprint density at radius 3 is 2.55 bits per heavy atom. The maximum absolute atomic E-state index is 11.7. The van der Waals surface area contributed by atoms with Gasteiger partial charge in [0.25, 0.3) is 0 Å². The predicted octanol–water partition coefficient (Wildman–Crippen LogP) is 2.35. The molecule has 0 aliphatic rings. The van der Waals surface area contributed by atoms with E-state index in [4.69, 9.17) is 0 Å². The fourth-order valence-electron chi connectivity index (χ4n) is 1.94. The lowest BCUT2D eigenvalue weighted by Crippen LogP contribution is -2.37. The molecule has 2 rings (SSSR count). The summed E-state index contributed by atoms with van der Waals surface area (Å²) in [6.45, 7) is 0.675. The Hall–Kier alpha value is -2.05. The topological polar surface area (TPSA) is 64.6 Å². The summed E-state index contributed by atoms with van der Waals surface area (Å²) in [5, 5.41) is 17.5. The van der Waals surface area contributed by atoms with Crippen LogP contribution in [0.3, 0.4) is 0 Å². The molecular weight excluding hydrogens is 298 g/mol. The summed E-state index contributed by atoms with van der Waals surface area (Å²) in [6.07, 6.45) is -0.719. The molecule has 1 aromatic heterocycles. The number of aliphatic hydroxyl groups excluding tert-OH is 1. The van der Waals surface area contributed by atoms with Gasteiger partial charge in [-0.15, -0.1) is 11.3 Å². The number of aliphatic hydroxyl groups is 1. The van der Waals surface area contributed by atoms with Crippen LogP contribution in [-0.4, -0.2) is 31.8 Å². The summed E-state index contributed by atoms with van der Waals surface area (Å²) in [6, 6.07) is 11.2. The second-order valence-electron chi connectivity index (χ2n) is 5.14. The van der Waals surface area contributed by atoms with Crippen molar-refractivity contribution in [3.05, 3.63) is 52.2 Å². The zero-order valence-electron chi connectivity index (χ0n) is 12.7. The minimum absolute atomic E-state index is 0.178. The number of hydrogen-bond donors (Lipinski definition) is 3. The highest BCUT2D eigenvalue weighted by atomic mass is 32.1. The maximum Gasteiger partial charge on any atom is 0.315 e. The van der Waals surface area contributed by atoms with Crippen LogP contribution in [0.4, 0.5) is 10.5 Å². The number of nitrogens with one attached hydrogen (secondary N) is 2. The Morgan fingerprint density at radius 2 is 1.95 bits per heavy atom. The molecule has 0 aliphatic heterocycles. The largest absolute Gasteiger partial charge is 0.387 e. The summed E-state index contributed by atoms with van der Waals surface area (Å²) in [7, 11) is 3.93. The molecule has 0 spiro atoms. The SMILES string of the molecule is CN(C)c1ccc([C@H](O)CNC(=O)NCc2cccs2)cc1. The first-order chi connectivity index (χ1) is 10.6. The summed E-state index contributed by atoms with van der Waals surface area (Å²) in [5.74, 6) is 0. The van der Waals surface area contributed by atoms with Crippen molar-refractivity contribution in [1.82, 2.24) is 10.6 Å². The number of amides is 2. The fraction of sp³-hybridized carbons (Fsp3) is 0.312. The summed E-state index contributed by atoms with van der Waals surface area (Å²) < 4.78 is 0. The Balaban J connectivity index is 1.76. The van der Waals surface area contributed by atoms with Crippen LogP contribution in [0.5, 0.6) is 0 Å². The molecule has 22 heavy (non-hydrogen) atoms. The molecule has 0 unspecified atom stereocenters. The number of hydrogen-bond acceptors (Lipinski definition) is 4. The highest BCUT2D eigenvalue weighted by Gasteiger charge is 2.09. The molecular formula is C16H21N3O2S. The zero-order chi connectivity index (χ0) is 15.9. The third-order valence-electron chi connectivity index (χ3n) is 3.25.